The number of rotatable bonds is 6. The minimum absolute atomic E-state index is 0.242. The molecule has 0 saturated heterocycles. The fourth-order valence-electron chi connectivity index (χ4n) is 4.09. The van der Waals surface area contributed by atoms with E-state index in [2.05, 4.69) is 18.8 Å². The van der Waals surface area contributed by atoms with E-state index >= 15 is 0 Å². The van der Waals surface area contributed by atoms with E-state index in [-0.39, 0.29) is 6.04 Å². The Balaban J connectivity index is 1.81. The van der Waals surface area contributed by atoms with Crippen LogP contribution in [-0.4, -0.2) is 39.3 Å². The Labute approximate surface area is 178 Å². The molecule has 0 radical (unpaired) electrons. The number of pyridine rings is 1. The lowest BCUT2D eigenvalue weighted by Gasteiger charge is -2.40. The number of hydrogen-bond donors (Lipinski definition) is 1. The highest BCUT2D eigenvalue weighted by Gasteiger charge is 2.34. The molecule has 0 saturated carbocycles. The largest absolute Gasteiger partial charge is 0.491 e. The Morgan fingerprint density at radius 3 is 2.63 bits per heavy atom. The zero-order chi connectivity index (χ0) is 22.1. The van der Waals surface area contributed by atoms with Gasteiger partial charge >= 0.3 is 6.09 Å². The highest BCUT2D eigenvalue weighted by Crippen LogP contribution is 2.40. The van der Waals surface area contributed by atoms with Crippen molar-refractivity contribution in [3.63, 3.8) is 0 Å². The lowest BCUT2D eigenvalue weighted by Crippen LogP contribution is -2.53. The van der Waals surface area contributed by atoms with Crippen LogP contribution in [-0.2, 0) is 6.61 Å². The van der Waals surface area contributed by atoms with Gasteiger partial charge in [0.1, 0.15) is 24.7 Å². The Morgan fingerprint density at radius 1 is 1.27 bits per heavy atom. The summed E-state index contributed by atoms with van der Waals surface area (Å²) < 4.78 is 12.0. The van der Waals surface area contributed by atoms with Crippen LogP contribution in [0.1, 0.15) is 52.3 Å². The quantitative estimate of drug-likeness (QED) is 0.676. The molecule has 0 unspecified atom stereocenters. The average molecular weight is 413 g/mol. The van der Waals surface area contributed by atoms with E-state index in [4.69, 9.17) is 9.47 Å². The second-order valence-corrected chi connectivity index (χ2v) is 9.29. The topological polar surface area (TPSA) is 71.9 Å². The molecule has 0 spiro atoms. The number of aryl methyl sites for hydroxylation is 1. The van der Waals surface area contributed by atoms with Gasteiger partial charge in [-0.2, -0.15) is 0 Å². The molecule has 30 heavy (non-hydrogen) atoms. The van der Waals surface area contributed by atoms with Crippen molar-refractivity contribution in [2.75, 3.05) is 6.61 Å². The SMILES string of the molecule is Cc1nccc2c1COc1cc(OC[C@H](CC(C)C)N(C(=O)O)C(C)(C)C)ccc1-2. The number of hydrogen-bond acceptors (Lipinski definition) is 4. The van der Waals surface area contributed by atoms with Gasteiger partial charge in [-0.15, -0.1) is 0 Å². The van der Waals surface area contributed by atoms with Gasteiger partial charge in [0.05, 0.1) is 6.04 Å². The van der Waals surface area contributed by atoms with Crippen LogP contribution >= 0.6 is 0 Å². The van der Waals surface area contributed by atoms with Crippen LogP contribution in [0.3, 0.4) is 0 Å². The maximum Gasteiger partial charge on any atom is 0.408 e. The van der Waals surface area contributed by atoms with Gasteiger partial charge in [-0.1, -0.05) is 13.8 Å². The number of amides is 1. The van der Waals surface area contributed by atoms with Crippen LogP contribution in [0.5, 0.6) is 11.5 Å². The van der Waals surface area contributed by atoms with Gasteiger partial charge in [-0.05, 0) is 63.8 Å². The average Bonchev–Trinajstić information content (AvgIpc) is 2.64. The Hall–Kier alpha value is -2.76. The van der Waals surface area contributed by atoms with E-state index in [1.54, 1.807) is 0 Å². The van der Waals surface area contributed by atoms with Crippen molar-refractivity contribution in [3.8, 4) is 22.6 Å². The summed E-state index contributed by atoms with van der Waals surface area (Å²) in [7, 11) is 0. The summed E-state index contributed by atoms with van der Waals surface area (Å²) in [5.41, 5.74) is 3.74. The first-order chi connectivity index (χ1) is 14.1. The molecule has 1 N–H and O–H groups in total. The van der Waals surface area contributed by atoms with Crippen molar-refractivity contribution in [2.45, 2.75) is 66.2 Å². The molecule has 6 heteroatoms. The van der Waals surface area contributed by atoms with Crippen LogP contribution in [0.15, 0.2) is 30.5 Å². The van der Waals surface area contributed by atoms with Gasteiger partial charge < -0.3 is 14.6 Å². The minimum atomic E-state index is -0.925. The number of benzene rings is 1. The van der Waals surface area contributed by atoms with Crippen molar-refractivity contribution in [1.82, 2.24) is 9.88 Å². The molecule has 1 amide bonds. The maximum absolute atomic E-state index is 12.0. The molecule has 6 nitrogen and oxygen atoms in total. The summed E-state index contributed by atoms with van der Waals surface area (Å²) >= 11 is 0. The van der Waals surface area contributed by atoms with Gasteiger partial charge in [0.2, 0.25) is 0 Å². The summed E-state index contributed by atoms with van der Waals surface area (Å²) in [5.74, 6) is 1.80. The number of carbonyl (C=O) groups is 1. The number of ether oxygens (including phenoxy) is 2. The van der Waals surface area contributed by atoms with E-state index in [1.165, 1.54) is 4.90 Å². The second-order valence-electron chi connectivity index (χ2n) is 9.29. The lowest BCUT2D eigenvalue weighted by atomic mass is 9.96. The maximum atomic E-state index is 12.0. The number of fused-ring (bicyclic) bond motifs is 3. The summed E-state index contributed by atoms with van der Waals surface area (Å²) in [6.07, 6.45) is 1.62. The third-order valence-corrected chi connectivity index (χ3v) is 5.37. The first kappa shape index (κ1) is 21.9. The molecule has 1 aromatic heterocycles. The molecule has 2 heterocycles. The van der Waals surface area contributed by atoms with E-state index in [9.17, 15) is 9.90 Å². The van der Waals surface area contributed by atoms with Crippen LogP contribution in [0.25, 0.3) is 11.1 Å². The van der Waals surface area contributed by atoms with E-state index in [0.717, 1.165) is 34.6 Å². The normalized spacial score (nSPS) is 13.8. The molecule has 162 valence electrons. The molecule has 1 atom stereocenters. The first-order valence-corrected chi connectivity index (χ1v) is 10.4. The van der Waals surface area contributed by atoms with Crippen molar-refractivity contribution in [2.24, 2.45) is 5.92 Å². The zero-order valence-corrected chi connectivity index (χ0v) is 18.7. The standard InChI is InChI=1S/C24H32N2O4/c1-15(2)11-17(26(23(27)28)24(4,5)6)13-29-18-7-8-20-19-9-10-25-16(3)21(19)14-30-22(20)12-18/h7-10,12,15,17H,11,13-14H2,1-6H3,(H,27,28)/t17-/m0/s1. The van der Waals surface area contributed by atoms with Crippen molar-refractivity contribution in [3.05, 3.63) is 41.7 Å². The van der Waals surface area contributed by atoms with E-state index < -0.39 is 11.6 Å². The molecule has 1 aliphatic rings. The summed E-state index contributed by atoms with van der Waals surface area (Å²) in [5, 5.41) is 9.81. The summed E-state index contributed by atoms with van der Waals surface area (Å²) in [6, 6.07) is 7.58. The summed E-state index contributed by atoms with van der Waals surface area (Å²) in [4.78, 5) is 17.8. The minimum Gasteiger partial charge on any atom is -0.491 e. The summed E-state index contributed by atoms with van der Waals surface area (Å²) in [6.45, 7) is 12.7. The van der Waals surface area contributed by atoms with Gasteiger partial charge in [0, 0.05) is 34.6 Å². The molecule has 3 rings (SSSR count). The molecule has 1 aliphatic heterocycles. The molecule has 1 aromatic carbocycles. The monoisotopic (exact) mass is 412 g/mol. The molecule has 0 fully saturated rings. The van der Waals surface area contributed by atoms with Crippen LogP contribution < -0.4 is 9.47 Å². The molecule has 2 aromatic rings. The van der Waals surface area contributed by atoms with Crippen LogP contribution in [0.4, 0.5) is 4.79 Å². The third kappa shape index (κ3) is 4.69. The fraction of sp³-hybridized carbons (Fsp3) is 0.500. The fourth-order valence-corrected chi connectivity index (χ4v) is 4.09. The van der Waals surface area contributed by atoms with Gasteiger partial charge in [-0.25, -0.2) is 4.79 Å². The van der Waals surface area contributed by atoms with Crippen molar-refractivity contribution in [1.29, 1.82) is 0 Å². The number of nitrogens with zero attached hydrogens (tertiary/aromatic N) is 2. The second kappa shape index (κ2) is 8.54. The molecule has 0 aliphatic carbocycles. The van der Waals surface area contributed by atoms with Gasteiger partial charge in [0.25, 0.3) is 0 Å². The van der Waals surface area contributed by atoms with Crippen LogP contribution in [0, 0.1) is 12.8 Å². The smallest absolute Gasteiger partial charge is 0.408 e. The molecular formula is C24H32N2O4. The molecule has 0 bridgehead atoms. The third-order valence-electron chi connectivity index (χ3n) is 5.37. The highest BCUT2D eigenvalue weighted by molar-refractivity contribution is 5.76. The van der Waals surface area contributed by atoms with Gasteiger partial charge in [-0.3, -0.25) is 9.88 Å². The number of carboxylic acid groups (broad SMARTS) is 1. The van der Waals surface area contributed by atoms with Gasteiger partial charge in [0.15, 0.2) is 0 Å². The van der Waals surface area contributed by atoms with E-state index in [1.807, 2.05) is 58.2 Å². The molecular weight excluding hydrogens is 380 g/mol. The Bertz CT molecular complexity index is 918. The lowest BCUT2D eigenvalue weighted by molar-refractivity contribution is 0.0433. The number of aromatic nitrogens is 1. The van der Waals surface area contributed by atoms with E-state index in [0.29, 0.717) is 24.9 Å². The Kier molecular flexibility index (Phi) is 6.25. The van der Waals surface area contributed by atoms with Crippen molar-refractivity contribution >= 4 is 6.09 Å². The van der Waals surface area contributed by atoms with Crippen molar-refractivity contribution < 1.29 is 19.4 Å². The highest BCUT2D eigenvalue weighted by atomic mass is 16.5. The Morgan fingerprint density at radius 2 is 2.00 bits per heavy atom. The predicted octanol–water partition coefficient (Wildman–Crippen LogP) is 5.52. The first-order valence-electron chi connectivity index (χ1n) is 10.4. The van der Waals surface area contributed by atoms with Crippen LogP contribution in [0.2, 0.25) is 0 Å². The predicted molar refractivity (Wildman–Crippen MR) is 117 cm³/mol. The zero-order valence-electron chi connectivity index (χ0n) is 18.7.